The van der Waals surface area contributed by atoms with Crippen LogP contribution in [0.25, 0.3) is 22.0 Å². The largest absolute Gasteiger partial charge is 0.416 e. The summed E-state index contributed by atoms with van der Waals surface area (Å²) in [6.45, 7) is 4.83. The number of aliphatic hydroxyl groups is 1. The lowest BCUT2D eigenvalue weighted by Gasteiger charge is -2.23. The number of amides is 1. The van der Waals surface area contributed by atoms with E-state index in [1.165, 1.54) is 10.8 Å². The van der Waals surface area contributed by atoms with Gasteiger partial charge in [-0.2, -0.15) is 26.3 Å². The van der Waals surface area contributed by atoms with Gasteiger partial charge in [0, 0.05) is 36.8 Å². The van der Waals surface area contributed by atoms with Crippen molar-refractivity contribution < 1.29 is 36.2 Å². The molecule has 44 heavy (non-hydrogen) atoms. The van der Waals surface area contributed by atoms with Crippen molar-refractivity contribution >= 4 is 16.8 Å². The van der Waals surface area contributed by atoms with E-state index in [9.17, 15) is 41.0 Å². The van der Waals surface area contributed by atoms with Gasteiger partial charge in [0.05, 0.1) is 11.1 Å². The second-order valence-corrected chi connectivity index (χ2v) is 11.0. The smallest absolute Gasteiger partial charge is 0.396 e. The summed E-state index contributed by atoms with van der Waals surface area (Å²) in [6, 6.07) is 11.4. The Morgan fingerprint density at radius 3 is 2.14 bits per heavy atom. The average Bonchev–Trinajstić information content (AvgIpc) is 2.96. The van der Waals surface area contributed by atoms with E-state index in [1.54, 1.807) is 36.4 Å². The van der Waals surface area contributed by atoms with Crippen LogP contribution in [0.2, 0.25) is 0 Å². The monoisotopic (exact) mass is 619 g/mol. The molecular weight excluding hydrogens is 588 g/mol. The Bertz CT molecular complexity index is 1680. The molecule has 4 aromatic rings. The number of hydrogen-bond donors (Lipinski definition) is 2. The molecule has 0 aliphatic heterocycles. The first-order chi connectivity index (χ1) is 20.6. The first-order valence-electron chi connectivity index (χ1n) is 13.9. The van der Waals surface area contributed by atoms with Crippen LogP contribution >= 0.6 is 0 Å². The molecule has 12 heteroatoms. The van der Waals surface area contributed by atoms with Crippen molar-refractivity contribution in [1.29, 1.82) is 0 Å². The normalized spacial score (nSPS) is 13.0. The number of aromatic nitrogens is 2. The standard InChI is InChI=1S/C32H31F6N3O3/c1-18(2)22(17-42)10-12-41-28(26(21-8-6-19(3)7-9-21)25-5-4-11-39-27(25)30(41)44)29(43)40-16-20-13-23(31(33,34)35)15-24(14-20)32(36,37)38/h4-9,11,13-15,18,22,42H,10,12,16-17H2,1-3H3,(H,40,43). The number of carbonyl (C=O) groups excluding carboxylic acids is 1. The molecule has 0 fully saturated rings. The number of benzene rings is 2. The van der Waals surface area contributed by atoms with Crippen molar-refractivity contribution in [2.45, 2.75) is 52.6 Å². The number of nitrogens with zero attached hydrogens (tertiary/aromatic N) is 2. The molecule has 2 aromatic carbocycles. The van der Waals surface area contributed by atoms with Crippen LogP contribution < -0.4 is 10.9 Å². The first kappa shape index (κ1) is 32.7. The minimum Gasteiger partial charge on any atom is -0.396 e. The fourth-order valence-electron chi connectivity index (χ4n) is 5.05. The van der Waals surface area contributed by atoms with E-state index >= 15 is 0 Å². The minimum absolute atomic E-state index is 0.00184. The van der Waals surface area contributed by atoms with Gasteiger partial charge in [0.25, 0.3) is 11.5 Å². The van der Waals surface area contributed by atoms with Crippen LogP contribution in [0.1, 0.15) is 53.0 Å². The van der Waals surface area contributed by atoms with Gasteiger partial charge in [-0.15, -0.1) is 0 Å². The molecule has 2 aromatic heterocycles. The number of nitrogens with one attached hydrogen (secondary N) is 1. The molecule has 0 spiro atoms. The van der Waals surface area contributed by atoms with Crippen LogP contribution in [0.15, 0.2) is 65.6 Å². The number of fused-ring (bicyclic) bond motifs is 1. The van der Waals surface area contributed by atoms with Crippen LogP contribution in [0, 0.1) is 18.8 Å². The number of hydrogen-bond acceptors (Lipinski definition) is 4. The molecule has 1 atom stereocenters. The molecular formula is C32H31F6N3O3. The Hall–Kier alpha value is -4.19. The Morgan fingerprint density at radius 1 is 0.977 bits per heavy atom. The third kappa shape index (κ3) is 7.12. The van der Waals surface area contributed by atoms with E-state index in [-0.39, 0.29) is 42.3 Å². The number of halogens is 6. The Balaban J connectivity index is 1.88. The zero-order valence-corrected chi connectivity index (χ0v) is 24.2. The van der Waals surface area contributed by atoms with Gasteiger partial charge in [-0.1, -0.05) is 49.7 Å². The predicted molar refractivity (Wildman–Crippen MR) is 154 cm³/mol. The lowest BCUT2D eigenvalue weighted by molar-refractivity contribution is -0.143. The quantitative estimate of drug-likeness (QED) is 0.198. The highest BCUT2D eigenvalue weighted by Gasteiger charge is 2.37. The molecule has 0 radical (unpaired) electrons. The van der Waals surface area contributed by atoms with Gasteiger partial charge >= 0.3 is 12.4 Å². The highest BCUT2D eigenvalue weighted by Crippen LogP contribution is 2.36. The molecule has 0 aliphatic carbocycles. The number of aryl methyl sites for hydroxylation is 1. The lowest BCUT2D eigenvalue weighted by Crippen LogP contribution is -2.34. The molecule has 0 saturated heterocycles. The molecule has 2 heterocycles. The molecule has 0 aliphatic rings. The first-order valence-corrected chi connectivity index (χ1v) is 13.9. The van der Waals surface area contributed by atoms with Gasteiger partial charge in [0.15, 0.2) is 0 Å². The van der Waals surface area contributed by atoms with Gasteiger partial charge in [0.2, 0.25) is 0 Å². The summed E-state index contributed by atoms with van der Waals surface area (Å²) in [7, 11) is 0. The molecule has 0 saturated carbocycles. The molecule has 1 amide bonds. The summed E-state index contributed by atoms with van der Waals surface area (Å²) >= 11 is 0. The number of alkyl halides is 6. The van der Waals surface area contributed by atoms with Crippen LogP contribution in [0.5, 0.6) is 0 Å². The Morgan fingerprint density at radius 2 is 1.59 bits per heavy atom. The Kier molecular flexibility index (Phi) is 9.53. The van der Waals surface area contributed by atoms with Crippen LogP contribution in [-0.2, 0) is 25.4 Å². The molecule has 234 valence electrons. The van der Waals surface area contributed by atoms with Crippen molar-refractivity contribution in [3.05, 3.63) is 99.1 Å². The van der Waals surface area contributed by atoms with Gasteiger partial charge < -0.3 is 15.0 Å². The van der Waals surface area contributed by atoms with Crippen LogP contribution in [0.3, 0.4) is 0 Å². The number of aliphatic hydroxyl groups excluding tert-OH is 1. The maximum absolute atomic E-state index is 13.9. The van der Waals surface area contributed by atoms with E-state index in [0.29, 0.717) is 35.1 Å². The summed E-state index contributed by atoms with van der Waals surface area (Å²) < 4.78 is 81.8. The highest BCUT2D eigenvalue weighted by atomic mass is 19.4. The molecule has 1 unspecified atom stereocenters. The van der Waals surface area contributed by atoms with Gasteiger partial charge in [-0.05, 0) is 60.6 Å². The van der Waals surface area contributed by atoms with E-state index < -0.39 is 47.1 Å². The fraction of sp³-hybridized carbons (Fsp3) is 0.344. The maximum Gasteiger partial charge on any atom is 0.416 e. The third-order valence-corrected chi connectivity index (χ3v) is 7.59. The van der Waals surface area contributed by atoms with Gasteiger partial charge in [-0.25, -0.2) is 0 Å². The zero-order valence-electron chi connectivity index (χ0n) is 24.2. The van der Waals surface area contributed by atoms with E-state index in [2.05, 4.69) is 10.3 Å². The highest BCUT2D eigenvalue weighted by molar-refractivity contribution is 6.07. The summed E-state index contributed by atoms with van der Waals surface area (Å²) in [5, 5.41) is 12.7. The van der Waals surface area contributed by atoms with Crippen molar-refractivity contribution in [1.82, 2.24) is 14.9 Å². The SMILES string of the molecule is Cc1ccc(-c2c(C(=O)NCc3cc(C(F)(F)F)cc(C(F)(F)F)c3)n(CCC(CO)C(C)C)c(=O)c3ncccc23)cc1. The zero-order chi connectivity index (χ0) is 32.4. The fourth-order valence-corrected chi connectivity index (χ4v) is 5.05. The second-order valence-electron chi connectivity index (χ2n) is 11.0. The summed E-state index contributed by atoms with van der Waals surface area (Å²) in [4.78, 5) is 31.9. The number of carbonyl (C=O) groups is 1. The third-order valence-electron chi connectivity index (χ3n) is 7.59. The second kappa shape index (κ2) is 12.8. The van der Waals surface area contributed by atoms with Crippen molar-refractivity contribution in [2.24, 2.45) is 11.8 Å². The number of pyridine rings is 2. The molecule has 2 N–H and O–H groups in total. The maximum atomic E-state index is 13.9. The summed E-state index contributed by atoms with van der Waals surface area (Å²) in [5.41, 5.74) is -2.27. The predicted octanol–water partition coefficient (Wildman–Crippen LogP) is 6.99. The van der Waals surface area contributed by atoms with Gasteiger partial charge in [0.1, 0.15) is 11.2 Å². The van der Waals surface area contributed by atoms with Crippen molar-refractivity contribution in [3.63, 3.8) is 0 Å². The Labute approximate surface area is 249 Å². The number of rotatable bonds is 9. The van der Waals surface area contributed by atoms with Crippen molar-refractivity contribution in [3.8, 4) is 11.1 Å². The molecule has 4 rings (SSSR count). The minimum atomic E-state index is -5.05. The summed E-state index contributed by atoms with van der Waals surface area (Å²) in [5.74, 6) is -1.04. The lowest BCUT2D eigenvalue weighted by atomic mass is 9.93. The topological polar surface area (TPSA) is 84.2 Å². The van der Waals surface area contributed by atoms with Crippen LogP contribution in [0.4, 0.5) is 26.3 Å². The molecule has 0 bridgehead atoms. The molecule has 6 nitrogen and oxygen atoms in total. The van der Waals surface area contributed by atoms with Crippen molar-refractivity contribution in [2.75, 3.05) is 6.61 Å². The van der Waals surface area contributed by atoms with E-state index in [1.807, 2.05) is 20.8 Å². The van der Waals surface area contributed by atoms with E-state index in [4.69, 9.17) is 0 Å². The van der Waals surface area contributed by atoms with E-state index in [0.717, 1.165) is 5.56 Å². The van der Waals surface area contributed by atoms with Crippen LogP contribution in [-0.4, -0.2) is 27.2 Å². The average molecular weight is 620 g/mol. The van der Waals surface area contributed by atoms with Gasteiger partial charge in [-0.3, -0.25) is 14.6 Å². The summed E-state index contributed by atoms with van der Waals surface area (Å²) in [6.07, 6.45) is -8.36.